The summed E-state index contributed by atoms with van der Waals surface area (Å²) >= 11 is 0. The third kappa shape index (κ3) is 3.60. The zero-order valence-electron chi connectivity index (χ0n) is 13.8. The molecule has 122 valence electrons. The second kappa shape index (κ2) is 6.94. The summed E-state index contributed by atoms with van der Waals surface area (Å²) in [5.41, 5.74) is 2.80. The normalized spacial score (nSPS) is 15.8. The Morgan fingerprint density at radius 1 is 1.26 bits per heavy atom. The molecule has 1 aliphatic carbocycles. The quantitative estimate of drug-likeness (QED) is 0.931. The Morgan fingerprint density at radius 3 is 2.78 bits per heavy atom. The van der Waals surface area contributed by atoms with Crippen molar-refractivity contribution in [2.24, 2.45) is 5.92 Å². The van der Waals surface area contributed by atoms with E-state index in [0.29, 0.717) is 5.92 Å². The zero-order valence-corrected chi connectivity index (χ0v) is 13.8. The van der Waals surface area contributed by atoms with E-state index < -0.39 is 0 Å². The molecule has 0 bridgehead atoms. The summed E-state index contributed by atoms with van der Waals surface area (Å²) < 4.78 is 1.83. The van der Waals surface area contributed by atoms with Crippen LogP contribution in [0.4, 0.5) is 5.69 Å². The molecule has 1 N–H and O–H groups in total. The van der Waals surface area contributed by atoms with E-state index in [1.807, 2.05) is 28.9 Å². The minimum atomic E-state index is 0.143. The van der Waals surface area contributed by atoms with E-state index >= 15 is 0 Å². The van der Waals surface area contributed by atoms with Gasteiger partial charge in [0.2, 0.25) is 5.91 Å². The molecule has 1 heterocycles. The second-order valence-corrected chi connectivity index (χ2v) is 6.60. The zero-order chi connectivity index (χ0) is 16.2. The third-order valence-corrected chi connectivity index (χ3v) is 4.50. The average molecular weight is 312 g/mol. The largest absolute Gasteiger partial charge is 0.326 e. The molecule has 23 heavy (non-hydrogen) atoms. The molecule has 1 aromatic carbocycles. The van der Waals surface area contributed by atoms with Crippen LogP contribution in [0.2, 0.25) is 0 Å². The first-order chi connectivity index (χ1) is 11.1. The third-order valence-electron chi connectivity index (χ3n) is 4.50. The maximum Gasteiger partial charge on any atom is 0.227 e. The van der Waals surface area contributed by atoms with Gasteiger partial charge in [-0.3, -0.25) is 4.79 Å². The summed E-state index contributed by atoms with van der Waals surface area (Å²) in [5, 5.41) is 11.2. The summed E-state index contributed by atoms with van der Waals surface area (Å²) in [4.78, 5) is 12.4. The fourth-order valence-corrected chi connectivity index (χ4v) is 3.16. The van der Waals surface area contributed by atoms with Gasteiger partial charge in [0.25, 0.3) is 0 Å². The van der Waals surface area contributed by atoms with Crippen LogP contribution in [-0.2, 0) is 4.79 Å². The highest BCUT2D eigenvalue weighted by Crippen LogP contribution is 2.25. The van der Waals surface area contributed by atoms with Crippen LogP contribution in [0.25, 0.3) is 5.69 Å². The van der Waals surface area contributed by atoms with E-state index in [0.717, 1.165) is 42.8 Å². The molecule has 0 atom stereocenters. The van der Waals surface area contributed by atoms with E-state index in [1.165, 1.54) is 6.42 Å². The topological polar surface area (TPSA) is 59.8 Å². The standard InChI is InChI=1S/C18H24N4O/c1-13(2)17-12-19-21-22(17)16-10-6-9-15(11-16)20-18(23)14-7-4-3-5-8-14/h6,9-14H,3-5,7-8H2,1-2H3,(H,20,23). The highest BCUT2D eigenvalue weighted by atomic mass is 16.1. The number of benzene rings is 1. The second-order valence-electron chi connectivity index (χ2n) is 6.60. The van der Waals surface area contributed by atoms with Crippen molar-refractivity contribution >= 4 is 11.6 Å². The number of carbonyl (C=O) groups excluding carboxylic acids is 1. The van der Waals surface area contributed by atoms with Crippen molar-refractivity contribution in [1.82, 2.24) is 15.0 Å². The van der Waals surface area contributed by atoms with Crippen molar-refractivity contribution in [3.05, 3.63) is 36.2 Å². The van der Waals surface area contributed by atoms with Gasteiger partial charge in [-0.15, -0.1) is 5.10 Å². The van der Waals surface area contributed by atoms with Crippen molar-refractivity contribution in [3.8, 4) is 5.69 Å². The molecule has 2 aromatic rings. The number of nitrogens with zero attached hydrogens (tertiary/aromatic N) is 3. The SMILES string of the molecule is CC(C)c1cnnn1-c1cccc(NC(=O)C2CCCCC2)c1. The van der Waals surface area contributed by atoms with Gasteiger partial charge in [0.15, 0.2) is 0 Å². The van der Waals surface area contributed by atoms with Crippen LogP contribution in [0.1, 0.15) is 57.6 Å². The van der Waals surface area contributed by atoms with Gasteiger partial charge in [0, 0.05) is 11.6 Å². The lowest BCUT2D eigenvalue weighted by Gasteiger charge is -2.21. The average Bonchev–Trinajstić information content (AvgIpc) is 3.06. The van der Waals surface area contributed by atoms with E-state index in [9.17, 15) is 4.79 Å². The maximum atomic E-state index is 12.4. The minimum absolute atomic E-state index is 0.143. The Kier molecular flexibility index (Phi) is 4.74. The van der Waals surface area contributed by atoms with Crippen LogP contribution >= 0.6 is 0 Å². The molecular formula is C18H24N4O. The van der Waals surface area contributed by atoms with Gasteiger partial charge < -0.3 is 5.32 Å². The highest BCUT2D eigenvalue weighted by Gasteiger charge is 2.21. The van der Waals surface area contributed by atoms with Crippen molar-refractivity contribution in [2.75, 3.05) is 5.32 Å². The van der Waals surface area contributed by atoms with Crippen LogP contribution in [0.5, 0.6) is 0 Å². The van der Waals surface area contributed by atoms with Crippen molar-refractivity contribution in [1.29, 1.82) is 0 Å². The molecule has 1 amide bonds. The van der Waals surface area contributed by atoms with Crippen molar-refractivity contribution < 1.29 is 4.79 Å². The molecule has 1 fully saturated rings. The lowest BCUT2D eigenvalue weighted by atomic mass is 9.88. The first kappa shape index (κ1) is 15.7. The van der Waals surface area contributed by atoms with E-state index in [1.54, 1.807) is 6.20 Å². The Morgan fingerprint density at radius 2 is 2.04 bits per heavy atom. The molecule has 5 heteroatoms. The van der Waals surface area contributed by atoms with Crippen LogP contribution in [0.15, 0.2) is 30.5 Å². The van der Waals surface area contributed by atoms with Gasteiger partial charge in [0.1, 0.15) is 0 Å². The Hall–Kier alpha value is -2.17. The molecule has 0 saturated heterocycles. The lowest BCUT2D eigenvalue weighted by Crippen LogP contribution is -2.24. The summed E-state index contributed by atoms with van der Waals surface area (Å²) in [7, 11) is 0. The van der Waals surface area contributed by atoms with E-state index in [2.05, 4.69) is 29.5 Å². The van der Waals surface area contributed by atoms with Gasteiger partial charge in [-0.2, -0.15) is 0 Å². The number of rotatable bonds is 4. The number of hydrogen-bond acceptors (Lipinski definition) is 3. The Bertz CT molecular complexity index is 671. The maximum absolute atomic E-state index is 12.4. The fourth-order valence-electron chi connectivity index (χ4n) is 3.16. The number of anilines is 1. The molecule has 1 aromatic heterocycles. The summed E-state index contributed by atoms with van der Waals surface area (Å²) in [6, 6.07) is 7.81. The van der Waals surface area contributed by atoms with Crippen LogP contribution in [0, 0.1) is 5.92 Å². The fraction of sp³-hybridized carbons (Fsp3) is 0.500. The number of amides is 1. The number of carbonyl (C=O) groups is 1. The molecule has 0 aliphatic heterocycles. The van der Waals surface area contributed by atoms with Crippen LogP contribution < -0.4 is 5.32 Å². The highest BCUT2D eigenvalue weighted by molar-refractivity contribution is 5.92. The smallest absolute Gasteiger partial charge is 0.227 e. The molecular weight excluding hydrogens is 288 g/mol. The molecule has 0 spiro atoms. The van der Waals surface area contributed by atoms with Crippen LogP contribution in [-0.4, -0.2) is 20.9 Å². The number of aromatic nitrogens is 3. The van der Waals surface area contributed by atoms with Crippen LogP contribution in [0.3, 0.4) is 0 Å². The predicted molar refractivity (Wildman–Crippen MR) is 90.7 cm³/mol. The van der Waals surface area contributed by atoms with E-state index in [-0.39, 0.29) is 11.8 Å². The molecule has 3 rings (SSSR count). The molecule has 5 nitrogen and oxygen atoms in total. The summed E-state index contributed by atoms with van der Waals surface area (Å²) in [6.45, 7) is 4.23. The number of nitrogens with one attached hydrogen (secondary N) is 1. The van der Waals surface area contributed by atoms with Gasteiger partial charge in [-0.1, -0.05) is 44.4 Å². The molecule has 1 saturated carbocycles. The summed E-state index contributed by atoms with van der Waals surface area (Å²) in [6.07, 6.45) is 7.38. The van der Waals surface area contributed by atoms with Crippen molar-refractivity contribution in [3.63, 3.8) is 0 Å². The van der Waals surface area contributed by atoms with Gasteiger partial charge >= 0.3 is 0 Å². The lowest BCUT2D eigenvalue weighted by molar-refractivity contribution is -0.120. The molecule has 1 aliphatic rings. The van der Waals surface area contributed by atoms with Gasteiger partial charge in [0.05, 0.1) is 17.6 Å². The monoisotopic (exact) mass is 312 g/mol. The van der Waals surface area contributed by atoms with Crippen molar-refractivity contribution in [2.45, 2.75) is 51.9 Å². The van der Waals surface area contributed by atoms with E-state index in [4.69, 9.17) is 0 Å². The Labute approximate surface area is 137 Å². The number of hydrogen-bond donors (Lipinski definition) is 1. The predicted octanol–water partition coefficient (Wildman–Crippen LogP) is 3.91. The first-order valence-corrected chi connectivity index (χ1v) is 8.47. The summed E-state index contributed by atoms with van der Waals surface area (Å²) in [5.74, 6) is 0.639. The van der Waals surface area contributed by atoms with Gasteiger partial charge in [-0.25, -0.2) is 4.68 Å². The Balaban J connectivity index is 1.77. The molecule has 0 unspecified atom stereocenters. The van der Waals surface area contributed by atoms with Gasteiger partial charge in [-0.05, 0) is 37.0 Å². The minimum Gasteiger partial charge on any atom is -0.326 e. The molecule has 0 radical (unpaired) electrons. The first-order valence-electron chi connectivity index (χ1n) is 8.47.